The van der Waals surface area contributed by atoms with Gasteiger partial charge >= 0.3 is 0 Å². The quantitative estimate of drug-likeness (QED) is 0.829. The zero-order valence-electron chi connectivity index (χ0n) is 10.1. The number of hydrogen-bond donors (Lipinski definition) is 2. The lowest BCUT2D eigenvalue weighted by Crippen LogP contribution is -2.34. The van der Waals surface area contributed by atoms with Crippen molar-refractivity contribution in [1.82, 2.24) is 10.3 Å². The second-order valence-electron chi connectivity index (χ2n) is 3.75. The van der Waals surface area contributed by atoms with E-state index in [1.807, 2.05) is 0 Å². The van der Waals surface area contributed by atoms with E-state index in [-0.39, 0.29) is 11.0 Å². The van der Waals surface area contributed by atoms with E-state index in [9.17, 15) is 4.79 Å². The highest BCUT2D eigenvalue weighted by Crippen LogP contribution is 2.14. The lowest BCUT2D eigenvalue weighted by molar-refractivity contribution is 0.0978. The molecule has 0 atom stereocenters. The van der Waals surface area contributed by atoms with Crippen LogP contribution in [-0.4, -0.2) is 16.0 Å². The van der Waals surface area contributed by atoms with Crippen LogP contribution < -0.4 is 10.6 Å². The number of thiocarbonyl (C=S) groups is 1. The van der Waals surface area contributed by atoms with Crippen LogP contribution in [0.25, 0.3) is 0 Å². The minimum atomic E-state index is -0.387. The number of carbonyl (C=O) groups is 1. The summed E-state index contributed by atoms with van der Waals surface area (Å²) in [6.07, 6.45) is 1.47. The molecule has 0 bridgehead atoms. The monoisotopic (exact) mass is 325 g/mol. The van der Waals surface area contributed by atoms with Crippen LogP contribution in [0.4, 0.5) is 5.82 Å². The number of aromatic nitrogens is 1. The number of amides is 1. The van der Waals surface area contributed by atoms with Crippen molar-refractivity contribution in [3.63, 3.8) is 0 Å². The van der Waals surface area contributed by atoms with Crippen LogP contribution in [0.2, 0.25) is 10.0 Å². The normalized spacial score (nSPS) is 9.90. The Bertz CT molecular complexity index is 646. The van der Waals surface area contributed by atoms with E-state index in [0.29, 0.717) is 21.4 Å². The maximum Gasteiger partial charge on any atom is 0.258 e. The number of pyridine rings is 1. The number of hydrogen-bond acceptors (Lipinski definition) is 3. The summed E-state index contributed by atoms with van der Waals surface area (Å²) in [6, 6.07) is 10.0. The van der Waals surface area contributed by atoms with Gasteiger partial charge in [-0.05, 0) is 36.5 Å². The molecule has 0 radical (unpaired) electrons. The number of halogens is 2. The number of anilines is 1. The highest BCUT2D eigenvalue weighted by atomic mass is 35.5. The van der Waals surface area contributed by atoms with Crippen LogP contribution in [0.1, 0.15) is 10.4 Å². The Labute approximate surface area is 131 Å². The maximum absolute atomic E-state index is 12.0. The number of rotatable bonds is 2. The zero-order chi connectivity index (χ0) is 14.5. The second kappa shape index (κ2) is 6.65. The van der Waals surface area contributed by atoms with Gasteiger partial charge in [0.15, 0.2) is 5.11 Å². The third kappa shape index (κ3) is 3.90. The standard InChI is InChI=1S/C13H9Cl2N3OS/c14-8-5-6-11(16-7-8)17-13(20)18-12(19)9-3-1-2-4-10(9)15/h1-7H,(H2,16,17,18,19,20). The summed E-state index contributed by atoms with van der Waals surface area (Å²) < 4.78 is 0. The fourth-order valence-electron chi connectivity index (χ4n) is 1.41. The molecule has 102 valence electrons. The molecular weight excluding hydrogens is 317 g/mol. The van der Waals surface area contributed by atoms with E-state index < -0.39 is 0 Å². The molecule has 2 N–H and O–H groups in total. The topological polar surface area (TPSA) is 54.0 Å². The van der Waals surface area contributed by atoms with Gasteiger partial charge in [-0.3, -0.25) is 10.1 Å². The van der Waals surface area contributed by atoms with Gasteiger partial charge in [0.05, 0.1) is 15.6 Å². The van der Waals surface area contributed by atoms with Crippen LogP contribution in [0, 0.1) is 0 Å². The molecule has 0 saturated carbocycles. The number of nitrogens with one attached hydrogen (secondary N) is 2. The predicted octanol–water partition coefficient (Wildman–Crippen LogP) is 3.52. The van der Waals surface area contributed by atoms with Gasteiger partial charge in [-0.2, -0.15) is 0 Å². The fourth-order valence-corrected chi connectivity index (χ4v) is 1.94. The van der Waals surface area contributed by atoms with Crippen molar-refractivity contribution in [2.24, 2.45) is 0 Å². The summed E-state index contributed by atoms with van der Waals surface area (Å²) in [5.74, 6) is 0.0981. The number of benzene rings is 1. The first kappa shape index (κ1) is 14.7. The van der Waals surface area contributed by atoms with Crippen LogP contribution in [0.3, 0.4) is 0 Å². The Balaban J connectivity index is 2.00. The Morgan fingerprint density at radius 1 is 1.15 bits per heavy atom. The molecule has 1 heterocycles. The lowest BCUT2D eigenvalue weighted by Gasteiger charge is -2.09. The molecule has 4 nitrogen and oxygen atoms in total. The highest BCUT2D eigenvalue weighted by molar-refractivity contribution is 7.80. The molecule has 0 saturated heterocycles. The van der Waals surface area contributed by atoms with Gasteiger partial charge in [0, 0.05) is 6.20 Å². The molecular formula is C13H9Cl2N3OS. The Hall–Kier alpha value is -1.69. The van der Waals surface area contributed by atoms with E-state index in [1.165, 1.54) is 6.20 Å². The van der Waals surface area contributed by atoms with Crippen molar-refractivity contribution in [2.75, 3.05) is 5.32 Å². The average molecular weight is 326 g/mol. The van der Waals surface area contributed by atoms with E-state index in [4.69, 9.17) is 35.4 Å². The van der Waals surface area contributed by atoms with Crippen molar-refractivity contribution in [1.29, 1.82) is 0 Å². The molecule has 2 aromatic rings. The largest absolute Gasteiger partial charge is 0.317 e. The van der Waals surface area contributed by atoms with E-state index >= 15 is 0 Å². The molecule has 1 amide bonds. The Kier molecular flexibility index (Phi) is 4.89. The smallest absolute Gasteiger partial charge is 0.258 e. The summed E-state index contributed by atoms with van der Waals surface area (Å²) in [7, 11) is 0. The molecule has 20 heavy (non-hydrogen) atoms. The fraction of sp³-hybridized carbons (Fsp3) is 0. The van der Waals surface area contributed by atoms with Gasteiger partial charge in [-0.15, -0.1) is 0 Å². The summed E-state index contributed by atoms with van der Waals surface area (Å²) in [5, 5.41) is 6.30. The van der Waals surface area contributed by atoms with E-state index in [1.54, 1.807) is 36.4 Å². The van der Waals surface area contributed by atoms with E-state index in [0.717, 1.165) is 0 Å². The second-order valence-corrected chi connectivity index (χ2v) is 5.00. The van der Waals surface area contributed by atoms with Crippen LogP contribution in [0.15, 0.2) is 42.6 Å². The van der Waals surface area contributed by atoms with Gasteiger partial charge < -0.3 is 5.32 Å². The van der Waals surface area contributed by atoms with Gasteiger partial charge in [0.1, 0.15) is 5.82 Å². The van der Waals surface area contributed by atoms with Crippen molar-refractivity contribution in [3.8, 4) is 0 Å². The SMILES string of the molecule is O=C(NC(=S)Nc1ccc(Cl)cn1)c1ccccc1Cl. The molecule has 1 aromatic carbocycles. The number of nitrogens with zero attached hydrogens (tertiary/aromatic N) is 1. The predicted molar refractivity (Wildman–Crippen MR) is 84.4 cm³/mol. The molecule has 0 unspecified atom stereocenters. The average Bonchev–Trinajstić information content (AvgIpc) is 2.41. The third-order valence-corrected chi connectivity index (χ3v) is 3.07. The third-order valence-electron chi connectivity index (χ3n) is 2.31. The minimum Gasteiger partial charge on any atom is -0.317 e. The first-order valence-electron chi connectivity index (χ1n) is 5.54. The van der Waals surface area contributed by atoms with Gasteiger partial charge in [0.2, 0.25) is 0 Å². The zero-order valence-corrected chi connectivity index (χ0v) is 12.4. The van der Waals surface area contributed by atoms with Gasteiger partial charge in [0.25, 0.3) is 5.91 Å². The van der Waals surface area contributed by atoms with Crippen LogP contribution in [-0.2, 0) is 0 Å². The Morgan fingerprint density at radius 3 is 2.55 bits per heavy atom. The van der Waals surface area contributed by atoms with E-state index in [2.05, 4.69) is 15.6 Å². The molecule has 2 rings (SSSR count). The molecule has 0 aliphatic carbocycles. The molecule has 1 aromatic heterocycles. The van der Waals surface area contributed by atoms with Gasteiger partial charge in [-0.1, -0.05) is 35.3 Å². The Morgan fingerprint density at radius 2 is 1.90 bits per heavy atom. The molecule has 0 fully saturated rings. The van der Waals surface area contributed by atoms with Crippen molar-refractivity contribution in [3.05, 3.63) is 58.2 Å². The summed E-state index contributed by atoms with van der Waals surface area (Å²) in [6.45, 7) is 0. The van der Waals surface area contributed by atoms with Crippen LogP contribution >= 0.6 is 35.4 Å². The first-order chi connectivity index (χ1) is 9.56. The van der Waals surface area contributed by atoms with Crippen molar-refractivity contribution < 1.29 is 4.79 Å². The molecule has 0 aliphatic heterocycles. The molecule has 0 aliphatic rings. The molecule has 0 spiro atoms. The number of carbonyl (C=O) groups excluding carboxylic acids is 1. The van der Waals surface area contributed by atoms with Crippen molar-refractivity contribution in [2.45, 2.75) is 0 Å². The summed E-state index contributed by atoms with van der Waals surface area (Å²) in [4.78, 5) is 16.0. The van der Waals surface area contributed by atoms with Gasteiger partial charge in [-0.25, -0.2) is 4.98 Å². The summed E-state index contributed by atoms with van der Waals surface area (Å²) >= 11 is 16.7. The highest BCUT2D eigenvalue weighted by Gasteiger charge is 2.11. The van der Waals surface area contributed by atoms with Crippen LogP contribution in [0.5, 0.6) is 0 Å². The minimum absolute atomic E-state index is 0.129. The maximum atomic E-state index is 12.0. The lowest BCUT2D eigenvalue weighted by atomic mass is 10.2. The summed E-state index contributed by atoms with van der Waals surface area (Å²) in [5.41, 5.74) is 0.349. The molecule has 7 heteroatoms. The van der Waals surface area contributed by atoms with Crippen molar-refractivity contribution >= 4 is 52.3 Å². The first-order valence-corrected chi connectivity index (χ1v) is 6.71.